The lowest BCUT2D eigenvalue weighted by Crippen LogP contribution is -2.29. The molecule has 0 aliphatic carbocycles. The fourth-order valence-electron chi connectivity index (χ4n) is 3.20. The second-order valence-electron chi connectivity index (χ2n) is 6.73. The Bertz CT molecular complexity index is 1210. The zero-order valence-corrected chi connectivity index (χ0v) is 17.7. The lowest BCUT2D eigenvalue weighted by atomic mass is 10.1. The van der Waals surface area contributed by atoms with E-state index in [1.54, 1.807) is 42.5 Å². The van der Waals surface area contributed by atoms with Crippen LogP contribution >= 0.6 is 23.2 Å². The molecule has 0 aromatic heterocycles. The van der Waals surface area contributed by atoms with E-state index in [-0.39, 0.29) is 23.3 Å². The van der Waals surface area contributed by atoms with Crippen LogP contribution in [0, 0.1) is 0 Å². The van der Waals surface area contributed by atoms with Crippen LogP contribution in [0.25, 0.3) is 0 Å². The van der Waals surface area contributed by atoms with Crippen LogP contribution in [0.5, 0.6) is 5.75 Å². The van der Waals surface area contributed by atoms with Crippen molar-refractivity contribution in [3.8, 4) is 5.75 Å². The van der Waals surface area contributed by atoms with E-state index in [1.165, 1.54) is 25.3 Å². The average molecular weight is 456 g/mol. The van der Waals surface area contributed by atoms with E-state index in [4.69, 9.17) is 32.7 Å². The number of halogens is 2. The van der Waals surface area contributed by atoms with Gasteiger partial charge in [-0.1, -0.05) is 29.3 Å². The number of anilines is 1. The first-order valence-electron chi connectivity index (χ1n) is 9.17. The Balaban J connectivity index is 1.53. The first-order chi connectivity index (χ1) is 14.9. The Morgan fingerprint density at radius 3 is 2.26 bits per heavy atom. The fraction of sp³-hybridized carbons (Fsp3) is 0.0870. The molecule has 0 N–H and O–H groups in total. The molecule has 8 heteroatoms. The first kappa shape index (κ1) is 20.9. The molecule has 0 saturated heterocycles. The van der Waals surface area contributed by atoms with Crippen LogP contribution in [-0.4, -0.2) is 24.9 Å². The van der Waals surface area contributed by atoms with Crippen LogP contribution in [0.2, 0.25) is 10.0 Å². The average Bonchev–Trinajstić information content (AvgIpc) is 3.04. The van der Waals surface area contributed by atoms with Gasteiger partial charge in [0.2, 0.25) is 0 Å². The van der Waals surface area contributed by atoms with Gasteiger partial charge in [-0.15, -0.1) is 0 Å². The molecule has 1 heterocycles. The summed E-state index contributed by atoms with van der Waals surface area (Å²) in [5.41, 5.74) is 1.61. The molecule has 0 atom stereocenters. The highest BCUT2D eigenvalue weighted by Gasteiger charge is 2.37. The number of ether oxygens (including phenoxy) is 2. The molecule has 0 spiro atoms. The molecule has 4 rings (SSSR count). The van der Waals surface area contributed by atoms with Gasteiger partial charge in [0.1, 0.15) is 12.4 Å². The molecular formula is C23H15Cl2NO5. The Morgan fingerprint density at radius 1 is 0.871 bits per heavy atom. The van der Waals surface area contributed by atoms with E-state index in [1.807, 2.05) is 0 Å². The summed E-state index contributed by atoms with van der Waals surface area (Å²) < 4.78 is 10.4. The Morgan fingerprint density at radius 2 is 1.58 bits per heavy atom. The largest absolute Gasteiger partial charge is 0.497 e. The SMILES string of the molecule is COc1ccc(N2C(=O)c3ccc(C(=O)OCc4ccc(Cl)c(Cl)c4)cc3C2=O)cc1. The molecule has 3 aromatic carbocycles. The second kappa shape index (κ2) is 8.41. The number of carbonyl (C=O) groups is 3. The van der Waals surface area contributed by atoms with Crippen molar-refractivity contribution in [1.82, 2.24) is 0 Å². The minimum atomic E-state index is -0.628. The van der Waals surface area contributed by atoms with E-state index in [9.17, 15) is 14.4 Å². The van der Waals surface area contributed by atoms with E-state index in [2.05, 4.69) is 0 Å². The minimum absolute atomic E-state index is 0.0162. The van der Waals surface area contributed by atoms with Crippen molar-refractivity contribution < 1.29 is 23.9 Å². The third kappa shape index (κ3) is 4.00. The first-order valence-corrected chi connectivity index (χ1v) is 9.92. The molecule has 2 amide bonds. The maximum absolute atomic E-state index is 12.9. The molecule has 1 aliphatic rings. The summed E-state index contributed by atoms with van der Waals surface area (Å²) >= 11 is 11.8. The van der Waals surface area contributed by atoms with Crippen LogP contribution in [-0.2, 0) is 11.3 Å². The molecule has 0 saturated carbocycles. The topological polar surface area (TPSA) is 72.9 Å². The monoisotopic (exact) mass is 455 g/mol. The van der Waals surface area contributed by atoms with E-state index in [0.717, 1.165) is 4.90 Å². The summed E-state index contributed by atoms with van der Waals surface area (Å²) in [5.74, 6) is -0.991. The van der Waals surface area contributed by atoms with Crippen LogP contribution in [0.4, 0.5) is 5.69 Å². The summed E-state index contributed by atoms with van der Waals surface area (Å²) in [5, 5.41) is 0.760. The highest BCUT2D eigenvalue weighted by atomic mass is 35.5. The zero-order valence-electron chi connectivity index (χ0n) is 16.2. The van der Waals surface area contributed by atoms with Gasteiger partial charge in [0.05, 0.1) is 39.5 Å². The number of hydrogen-bond donors (Lipinski definition) is 0. The Labute approximate surface area is 187 Å². The molecule has 0 unspecified atom stereocenters. The van der Waals surface area contributed by atoms with Crippen molar-refractivity contribution in [1.29, 1.82) is 0 Å². The predicted octanol–water partition coefficient (Wildman–Crippen LogP) is 5.16. The van der Waals surface area contributed by atoms with Crippen LogP contribution in [0.1, 0.15) is 36.6 Å². The normalized spacial score (nSPS) is 12.7. The molecule has 0 radical (unpaired) electrons. The van der Waals surface area contributed by atoms with E-state index in [0.29, 0.717) is 27.0 Å². The minimum Gasteiger partial charge on any atom is -0.497 e. The maximum atomic E-state index is 12.9. The van der Waals surface area contributed by atoms with Gasteiger partial charge in [-0.05, 0) is 60.2 Å². The summed E-state index contributed by atoms with van der Waals surface area (Å²) in [6, 6.07) is 15.7. The van der Waals surface area contributed by atoms with E-state index < -0.39 is 17.8 Å². The number of hydrogen-bond acceptors (Lipinski definition) is 5. The number of imide groups is 1. The summed E-state index contributed by atoms with van der Waals surface area (Å²) in [6.45, 7) is -0.0162. The predicted molar refractivity (Wildman–Crippen MR) is 116 cm³/mol. The quantitative estimate of drug-likeness (QED) is 0.392. The molecule has 3 aromatic rings. The van der Waals surface area contributed by atoms with E-state index >= 15 is 0 Å². The van der Waals surface area contributed by atoms with Gasteiger partial charge in [-0.2, -0.15) is 0 Å². The van der Waals surface area contributed by atoms with Crippen molar-refractivity contribution >= 4 is 46.7 Å². The molecule has 156 valence electrons. The number of amides is 2. The molecular weight excluding hydrogens is 441 g/mol. The standard InChI is InChI=1S/C23H15Cl2NO5/c1-30-16-6-4-15(5-7-16)26-21(27)17-8-3-14(11-18(17)22(26)28)23(29)31-12-13-2-9-19(24)20(25)10-13/h2-11H,12H2,1H3. The van der Waals surface area contributed by atoms with Crippen LogP contribution in [0.15, 0.2) is 60.7 Å². The van der Waals surface area contributed by atoms with Crippen LogP contribution < -0.4 is 9.64 Å². The number of rotatable bonds is 5. The molecule has 6 nitrogen and oxygen atoms in total. The molecule has 31 heavy (non-hydrogen) atoms. The van der Waals surface area contributed by atoms with Gasteiger partial charge in [-0.3, -0.25) is 9.59 Å². The van der Waals surface area contributed by atoms with Gasteiger partial charge < -0.3 is 9.47 Å². The van der Waals surface area contributed by atoms with Crippen molar-refractivity contribution in [3.05, 3.63) is 93.0 Å². The Kier molecular flexibility index (Phi) is 5.67. The Hall–Kier alpha value is -3.35. The molecule has 0 bridgehead atoms. The van der Waals surface area contributed by atoms with Crippen molar-refractivity contribution in [2.24, 2.45) is 0 Å². The number of benzene rings is 3. The molecule has 0 fully saturated rings. The third-order valence-corrected chi connectivity index (χ3v) is 5.55. The second-order valence-corrected chi connectivity index (χ2v) is 7.54. The maximum Gasteiger partial charge on any atom is 0.338 e. The number of esters is 1. The summed E-state index contributed by atoms with van der Waals surface area (Å²) in [4.78, 5) is 39.2. The van der Waals surface area contributed by atoms with Crippen molar-refractivity contribution in [3.63, 3.8) is 0 Å². The van der Waals surface area contributed by atoms with Crippen molar-refractivity contribution in [2.45, 2.75) is 6.61 Å². The lowest BCUT2D eigenvalue weighted by Gasteiger charge is -2.14. The fourth-order valence-corrected chi connectivity index (χ4v) is 3.52. The lowest BCUT2D eigenvalue weighted by molar-refractivity contribution is 0.0472. The number of carbonyl (C=O) groups excluding carboxylic acids is 3. The van der Waals surface area contributed by atoms with Crippen molar-refractivity contribution in [2.75, 3.05) is 12.0 Å². The van der Waals surface area contributed by atoms with Gasteiger partial charge in [-0.25, -0.2) is 9.69 Å². The van der Waals surface area contributed by atoms with Gasteiger partial charge >= 0.3 is 5.97 Å². The zero-order chi connectivity index (χ0) is 22.1. The number of fused-ring (bicyclic) bond motifs is 1. The summed E-state index contributed by atoms with van der Waals surface area (Å²) in [6.07, 6.45) is 0. The number of methoxy groups -OCH3 is 1. The van der Waals surface area contributed by atoms with Gasteiger partial charge in [0.15, 0.2) is 0 Å². The van der Waals surface area contributed by atoms with Gasteiger partial charge in [0.25, 0.3) is 11.8 Å². The van der Waals surface area contributed by atoms with Crippen LogP contribution in [0.3, 0.4) is 0 Å². The smallest absolute Gasteiger partial charge is 0.338 e. The molecule has 1 aliphatic heterocycles. The highest BCUT2D eigenvalue weighted by molar-refractivity contribution is 6.42. The van der Waals surface area contributed by atoms with Gasteiger partial charge in [0, 0.05) is 0 Å². The summed E-state index contributed by atoms with van der Waals surface area (Å²) in [7, 11) is 1.53. The number of nitrogens with zero attached hydrogens (tertiary/aromatic N) is 1. The third-order valence-electron chi connectivity index (χ3n) is 4.81. The highest BCUT2D eigenvalue weighted by Crippen LogP contribution is 2.30.